The van der Waals surface area contributed by atoms with Gasteiger partial charge in [0.2, 0.25) is 0 Å². The molecule has 0 unspecified atom stereocenters. The first-order valence-electron chi connectivity index (χ1n) is 10.4. The van der Waals surface area contributed by atoms with E-state index in [1.807, 2.05) is 54.6 Å². The van der Waals surface area contributed by atoms with E-state index in [1.54, 1.807) is 21.5 Å². The Balaban J connectivity index is 1.35. The molecule has 0 saturated heterocycles. The van der Waals surface area contributed by atoms with E-state index < -0.39 is 0 Å². The molecule has 0 fully saturated rings. The van der Waals surface area contributed by atoms with Crippen LogP contribution in [0.3, 0.4) is 0 Å². The Morgan fingerprint density at radius 1 is 0.938 bits per heavy atom. The average Bonchev–Trinajstić information content (AvgIpc) is 3.24. The van der Waals surface area contributed by atoms with Gasteiger partial charge in [-0.25, -0.2) is 4.98 Å². The molecule has 158 valence electrons. The highest BCUT2D eigenvalue weighted by Crippen LogP contribution is 2.30. The quantitative estimate of drug-likeness (QED) is 0.440. The van der Waals surface area contributed by atoms with Crippen molar-refractivity contribution in [2.75, 3.05) is 13.2 Å². The molecule has 5 aromatic rings. The number of rotatable bonds is 4. The standard InChI is InChI=1S/C24H19N5O3/c30-23-18-14-25-24-26-22(13-16-4-2-1-3-5-16)27-29(24)19(18)8-9-28(23)15-17-6-7-20-21(12-17)32-11-10-31-20/h1-9,12,14H,10-11,13,15H2. The zero-order valence-electron chi connectivity index (χ0n) is 17.1. The number of ether oxygens (including phenoxy) is 2. The molecule has 0 atom stereocenters. The largest absolute Gasteiger partial charge is 0.486 e. The number of nitrogens with zero attached hydrogens (tertiary/aromatic N) is 5. The van der Waals surface area contributed by atoms with E-state index in [0.717, 1.165) is 16.9 Å². The van der Waals surface area contributed by atoms with Gasteiger partial charge in [-0.05, 0) is 29.3 Å². The van der Waals surface area contributed by atoms with E-state index in [0.29, 0.717) is 54.4 Å². The highest BCUT2D eigenvalue weighted by atomic mass is 16.6. The van der Waals surface area contributed by atoms with Gasteiger partial charge in [0, 0.05) is 18.8 Å². The number of pyridine rings is 1. The van der Waals surface area contributed by atoms with Crippen molar-refractivity contribution in [3.63, 3.8) is 0 Å². The molecule has 3 aromatic heterocycles. The van der Waals surface area contributed by atoms with E-state index in [9.17, 15) is 4.79 Å². The Hall–Kier alpha value is -4.20. The van der Waals surface area contributed by atoms with Crippen LogP contribution in [0, 0.1) is 0 Å². The molecule has 6 rings (SSSR count). The Labute approximate surface area is 182 Å². The first-order chi connectivity index (χ1) is 15.7. The van der Waals surface area contributed by atoms with Gasteiger partial charge in [-0.2, -0.15) is 9.50 Å². The molecule has 0 saturated carbocycles. The number of hydrogen-bond acceptors (Lipinski definition) is 6. The van der Waals surface area contributed by atoms with Crippen molar-refractivity contribution < 1.29 is 9.47 Å². The monoisotopic (exact) mass is 425 g/mol. The lowest BCUT2D eigenvalue weighted by molar-refractivity contribution is 0.171. The fourth-order valence-electron chi connectivity index (χ4n) is 3.96. The van der Waals surface area contributed by atoms with Gasteiger partial charge in [0.05, 0.1) is 17.4 Å². The molecule has 0 N–H and O–H groups in total. The van der Waals surface area contributed by atoms with Crippen LogP contribution in [-0.2, 0) is 13.0 Å². The molecule has 8 nitrogen and oxygen atoms in total. The Morgan fingerprint density at radius 2 is 1.78 bits per heavy atom. The van der Waals surface area contributed by atoms with Crippen molar-refractivity contribution >= 4 is 16.7 Å². The predicted molar refractivity (Wildman–Crippen MR) is 118 cm³/mol. The highest BCUT2D eigenvalue weighted by molar-refractivity contribution is 5.78. The van der Waals surface area contributed by atoms with Crippen LogP contribution in [0.4, 0.5) is 0 Å². The normalized spacial score (nSPS) is 13.0. The van der Waals surface area contributed by atoms with Crippen molar-refractivity contribution in [3.05, 3.63) is 94.3 Å². The molecule has 8 heteroatoms. The summed E-state index contributed by atoms with van der Waals surface area (Å²) in [7, 11) is 0. The van der Waals surface area contributed by atoms with Crippen molar-refractivity contribution in [1.29, 1.82) is 0 Å². The van der Waals surface area contributed by atoms with E-state index in [4.69, 9.17) is 9.47 Å². The highest BCUT2D eigenvalue weighted by Gasteiger charge is 2.14. The van der Waals surface area contributed by atoms with E-state index >= 15 is 0 Å². The van der Waals surface area contributed by atoms with Crippen molar-refractivity contribution in [1.82, 2.24) is 24.1 Å². The summed E-state index contributed by atoms with van der Waals surface area (Å²) in [6.07, 6.45) is 3.96. The number of benzene rings is 2. The van der Waals surface area contributed by atoms with E-state index in [-0.39, 0.29) is 5.56 Å². The maximum Gasteiger partial charge on any atom is 0.261 e. The first kappa shape index (κ1) is 18.6. The van der Waals surface area contributed by atoms with Crippen molar-refractivity contribution in [2.45, 2.75) is 13.0 Å². The van der Waals surface area contributed by atoms with E-state index in [1.165, 1.54) is 0 Å². The molecule has 1 aliphatic heterocycles. The zero-order valence-corrected chi connectivity index (χ0v) is 17.1. The molecule has 0 amide bonds. The van der Waals surface area contributed by atoms with Crippen LogP contribution in [0.25, 0.3) is 16.7 Å². The molecule has 4 heterocycles. The van der Waals surface area contributed by atoms with Gasteiger partial charge in [0.25, 0.3) is 11.3 Å². The fraction of sp³-hybridized carbons (Fsp3) is 0.167. The second-order valence-electron chi connectivity index (χ2n) is 7.69. The van der Waals surface area contributed by atoms with Gasteiger partial charge in [-0.1, -0.05) is 36.4 Å². The van der Waals surface area contributed by atoms with Crippen LogP contribution in [-0.4, -0.2) is 37.4 Å². The molecule has 0 radical (unpaired) electrons. The van der Waals surface area contributed by atoms with Crippen LogP contribution in [0.5, 0.6) is 11.5 Å². The number of fused-ring (bicyclic) bond motifs is 4. The summed E-state index contributed by atoms with van der Waals surface area (Å²) in [5.74, 6) is 2.58. The van der Waals surface area contributed by atoms with Gasteiger partial charge in [0.15, 0.2) is 17.3 Å². The number of aromatic nitrogens is 5. The Kier molecular flexibility index (Phi) is 4.34. The van der Waals surface area contributed by atoms with Gasteiger partial charge in [0.1, 0.15) is 13.2 Å². The SMILES string of the molecule is O=c1c2cnc3nc(Cc4ccccc4)nn3c2ccn1Cc1ccc2c(c1)OCCO2. The minimum atomic E-state index is -0.133. The maximum atomic E-state index is 13.2. The van der Waals surface area contributed by atoms with E-state index in [2.05, 4.69) is 15.1 Å². The summed E-state index contributed by atoms with van der Waals surface area (Å²) < 4.78 is 14.5. The molecule has 0 spiro atoms. The van der Waals surface area contributed by atoms with Crippen LogP contribution < -0.4 is 15.0 Å². The second-order valence-corrected chi connectivity index (χ2v) is 7.69. The first-order valence-corrected chi connectivity index (χ1v) is 10.4. The lowest BCUT2D eigenvalue weighted by Crippen LogP contribution is -2.21. The zero-order chi connectivity index (χ0) is 21.5. The Bertz CT molecular complexity index is 1510. The third kappa shape index (κ3) is 3.26. The molecule has 0 bridgehead atoms. The molecule has 0 aliphatic carbocycles. The lowest BCUT2D eigenvalue weighted by atomic mass is 10.1. The van der Waals surface area contributed by atoms with Gasteiger partial charge >= 0.3 is 0 Å². The van der Waals surface area contributed by atoms with Crippen molar-refractivity contribution in [2.24, 2.45) is 0 Å². The van der Waals surface area contributed by atoms with Crippen molar-refractivity contribution in [3.8, 4) is 11.5 Å². The van der Waals surface area contributed by atoms with Crippen LogP contribution in [0.15, 0.2) is 71.8 Å². The summed E-state index contributed by atoms with van der Waals surface area (Å²) in [5.41, 5.74) is 2.63. The third-order valence-electron chi connectivity index (χ3n) is 5.52. The average molecular weight is 425 g/mol. The topological polar surface area (TPSA) is 83.5 Å². The second kappa shape index (κ2) is 7.49. The minimum absolute atomic E-state index is 0.133. The molecule has 1 aliphatic rings. The third-order valence-corrected chi connectivity index (χ3v) is 5.52. The Morgan fingerprint density at radius 3 is 2.66 bits per heavy atom. The molecular weight excluding hydrogens is 406 g/mol. The van der Waals surface area contributed by atoms with Gasteiger partial charge in [-0.15, -0.1) is 5.10 Å². The molecule has 32 heavy (non-hydrogen) atoms. The summed E-state index contributed by atoms with van der Waals surface area (Å²) in [6.45, 7) is 1.49. The number of hydrogen-bond donors (Lipinski definition) is 0. The fourth-order valence-corrected chi connectivity index (χ4v) is 3.96. The summed E-state index contributed by atoms with van der Waals surface area (Å²) in [6, 6.07) is 17.6. The van der Waals surface area contributed by atoms with Gasteiger partial charge in [-0.3, -0.25) is 4.79 Å². The predicted octanol–water partition coefficient (Wildman–Crippen LogP) is 2.85. The van der Waals surface area contributed by atoms with Gasteiger partial charge < -0.3 is 14.0 Å². The van der Waals surface area contributed by atoms with Crippen LogP contribution in [0.2, 0.25) is 0 Å². The van der Waals surface area contributed by atoms with Crippen LogP contribution in [0.1, 0.15) is 17.0 Å². The summed E-state index contributed by atoms with van der Waals surface area (Å²) in [4.78, 5) is 22.1. The summed E-state index contributed by atoms with van der Waals surface area (Å²) in [5, 5.41) is 5.10. The lowest BCUT2D eigenvalue weighted by Gasteiger charge is -2.19. The smallest absolute Gasteiger partial charge is 0.261 e. The molecule has 2 aromatic carbocycles. The summed E-state index contributed by atoms with van der Waals surface area (Å²) >= 11 is 0. The van der Waals surface area contributed by atoms with Crippen LogP contribution >= 0.6 is 0 Å². The minimum Gasteiger partial charge on any atom is -0.486 e. The maximum absolute atomic E-state index is 13.2. The molecular formula is C24H19N5O3.